The van der Waals surface area contributed by atoms with Gasteiger partial charge in [-0.1, -0.05) is 12.1 Å². The molecule has 1 aliphatic carbocycles. The van der Waals surface area contributed by atoms with Crippen molar-refractivity contribution in [2.75, 3.05) is 36.9 Å². The van der Waals surface area contributed by atoms with E-state index in [2.05, 4.69) is 21.3 Å². The molecule has 0 bridgehead atoms. The Kier molecular flexibility index (Phi) is 10.2. The highest BCUT2D eigenvalue weighted by molar-refractivity contribution is 5.99. The monoisotopic (exact) mass is 576 g/mol. The molecule has 3 aliphatic rings. The summed E-state index contributed by atoms with van der Waals surface area (Å²) < 4.78 is 11.1. The molecule has 224 valence electrons. The van der Waals surface area contributed by atoms with Gasteiger partial charge in [-0.25, -0.2) is 0 Å². The second-order valence-electron chi connectivity index (χ2n) is 11.4. The molecule has 1 saturated carbocycles. The van der Waals surface area contributed by atoms with E-state index in [0.29, 0.717) is 61.3 Å². The van der Waals surface area contributed by atoms with Crippen molar-refractivity contribution in [3.8, 4) is 0 Å². The minimum atomic E-state index is -0.207. The minimum absolute atomic E-state index is 0.0626. The zero-order valence-electron chi connectivity index (χ0n) is 23.9. The maximum atomic E-state index is 13.0. The van der Waals surface area contributed by atoms with E-state index in [0.717, 1.165) is 38.9 Å². The molecule has 2 saturated heterocycles. The number of amides is 4. The fraction of sp³-hybridized carbons (Fsp3) is 0.500. The lowest BCUT2D eigenvalue weighted by Gasteiger charge is -2.27. The Balaban J connectivity index is 1.06. The van der Waals surface area contributed by atoms with Gasteiger partial charge in [-0.15, -0.1) is 0 Å². The zero-order valence-corrected chi connectivity index (χ0v) is 23.9. The molecular formula is C32H40N4O6. The number of anilines is 2. The van der Waals surface area contributed by atoms with Gasteiger partial charge in [0.2, 0.25) is 11.8 Å². The van der Waals surface area contributed by atoms with Gasteiger partial charge in [0.1, 0.15) is 0 Å². The molecule has 2 atom stereocenters. The molecular weight excluding hydrogens is 536 g/mol. The van der Waals surface area contributed by atoms with E-state index in [1.807, 2.05) is 0 Å². The summed E-state index contributed by atoms with van der Waals surface area (Å²) in [6, 6.07) is 13.8. The fourth-order valence-electron chi connectivity index (χ4n) is 5.81. The predicted molar refractivity (Wildman–Crippen MR) is 158 cm³/mol. The molecule has 4 N–H and O–H groups in total. The highest BCUT2D eigenvalue weighted by atomic mass is 16.5. The Morgan fingerprint density at radius 3 is 1.43 bits per heavy atom. The summed E-state index contributed by atoms with van der Waals surface area (Å²) in [7, 11) is 0. The standard InChI is InChI=1S/C32H40N4O6/c37-29(33-19-27-9-3-15-41-27)23-5-1-7-25(17-23)35-31(39)21-11-13-22(14-12-21)32(40)36-26-8-2-6-24(18-26)30(38)34-20-28-10-4-16-42-28/h1-2,5-8,17-18,21-22,27-28H,3-4,9-16,19-20H2,(H,33,37)(H,34,38)(H,35,39)(H,36,40). The predicted octanol–water partition coefficient (Wildman–Crippen LogP) is 3.89. The third-order valence-electron chi connectivity index (χ3n) is 8.28. The van der Waals surface area contributed by atoms with Gasteiger partial charge in [-0.05, 0) is 87.8 Å². The maximum Gasteiger partial charge on any atom is 0.251 e. The van der Waals surface area contributed by atoms with Crippen LogP contribution in [-0.2, 0) is 19.1 Å². The van der Waals surface area contributed by atoms with Crippen LogP contribution >= 0.6 is 0 Å². The van der Waals surface area contributed by atoms with Crippen LogP contribution < -0.4 is 21.3 Å². The van der Waals surface area contributed by atoms with Gasteiger partial charge in [0.05, 0.1) is 12.2 Å². The molecule has 0 aromatic heterocycles. The van der Waals surface area contributed by atoms with Crippen LogP contribution in [0.15, 0.2) is 48.5 Å². The summed E-state index contributed by atoms with van der Waals surface area (Å²) >= 11 is 0. The van der Waals surface area contributed by atoms with E-state index < -0.39 is 0 Å². The molecule has 2 aromatic carbocycles. The molecule has 2 heterocycles. The Hall–Kier alpha value is -3.76. The van der Waals surface area contributed by atoms with Crippen LogP contribution in [0.5, 0.6) is 0 Å². The second-order valence-corrected chi connectivity index (χ2v) is 11.4. The average molecular weight is 577 g/mol. The largest absolute Gasteiger partial charge is 0.376 e. The van der Waals surface area contributed by atoms with Crippen LogP contribution in [0.2, 0.25) is 0 Å². The summed E-state index contributed by atoms with van der Waals surface area (Å²) in [6.07, 6.45) is 6.42. The highest BCUT2D eigenvalue weighted by Crippen LogP contribution is 2.31. The summed E-state index contributed by atoms with van der Waals surface area (Å²) in [5.74, 6) is -1.01. The van der Waals surface area contributed by atoms with Gasteiger partial charge in [0.15, 0.2) is 0 Å². The summed E-state index contributed by atoms with van der Waals surface area (Å²) in [5, 5.41) is 11.7. The summed E-state index contributed by atoms with van der Waals surface area (Å²) in [5.41, 5.74) is 2.11. The van der Waals surface area contributed by atoms with Gasteiger partial charge in [0.25, 0.3) is 11.8 Å². The Morgan fingerprint density at radius 2 is 1.05 bits per heavy atom. The number of hydrogen-bond acceptors (Lipinski definition) is 6. The van der Waals surface area contributed by atoms with Gasteiger partial charge < -0.3 is 30.7 Å². The van der Waals surface area contributed by atoms with Crippen LogP contribution in [0.25, 0.3) is 0 Å². The first kappa shape index (κ1) is 29.7. The summed E-state index contributed by atoms with van der Waals surface area (Å²) in [6.45, 7) is 2.42. The van der Waals surface area contributed by atoms with E-state index in [4.69, 9.17) is 9.47 Å². The van der Waals surface area contributed by atoms with E-state index >= 15 is 0 Å². The van der Waals surface area contributed by atoms with Gasteiger partial charge in [-0.2, -0.15) is 0 Å². The molecule has 2 aromatic rings. The smallest absolute Gasteiger partial charge is 0.251 e. The van der Waals surface area contributed by atoms with Crippen LogP contribution in [-0.4, -0.2) is 62.1 Å². The van der Waals surface area contributed by atoms with Crippen LogP contribution in [0, 0.1) is 11.8 Å². The molecule has 0 radical (unpaired) electrons. The fourth-order valence-corrected chi connectivity index (χ4v) is 5.81. The minimum Gasteiger partial charge on any atom is -0.376 e. The number of benzene rings is 2. The number of carbonyl (C=O) groups is 4. The molecule has 2 aliphatic heterocycles. The lowest BCUT2D eigenvalue weighted by Crippen LogP contribution is -2.33. The maximum absolute atomic E-state index is 13.0. The first-order valence-electron chi connectivity index (χ1n) is 15.1. The van der Waals surface area contributed by atoms with E-state index in [-0.39, 0.29) is 47.7 Å². The molecule has 3 fully saturated rings. The van der Waals surface area contributed by atoms with Crippen molar-refractivity contribution in [3.63, 3.8) is 0 Å². The quantitative estimate of drug-likeness (QED) is 0.339. The molecule has 42 heavy (non-hydrogen) atoms. The topological polar surface area (TPSA) is 135 Å². The third kappa shape index (κ3) is 8.17. The number of ether oxygens (including phenoxy) is 2. The molecule has 4 amide bonds. The molecule has 5 rings (SSSR count). The van der Waals surface area contributed by atoms with Crippen molar-refractivity contribution >= 4 is 35.0 Å². The van der Waals surface area contributed by atoms with Crippen molar-refractivity contribution < 1.29 is 28.7 Å². The van der Waals surface area contributed by atoms with Gasteiger partial charge in [0, 0.05) is 60.6 Å². The molecule has 10 nitrogen and oxygen atoms in total. The van der Waals surface area contributed by atoms with Gasteiger partial charge in [-0.3, -0.25) is 19.2 Å². The number of rotatable bonds is 10. The van der Waals surface area contributed by atoms with Gasteiger partial charge >= 0.3 is 0 Å². The van der Waals surface area contributed by atoms with E-state index in [9.17, 15) is 19.2 Å². The average Bonchev–Trinajstić information content (AvgIpc) is 3.74. The number of carbonyl (C=O) groups excluding carboxylic acids is 4. The molecule has 0 spiro atoms. The van der Waals surface area contributed by atoms with Crippen LogP contribution in [0.4, 0.5) is 11.4 Å². The first-order chi connectivity index (χ1) is 20.4. The molecule has 10 heteroatoms. The van der Waals surface area contributed by atoms with Crippen molar-refractivity contribution in [1.82, 2.24) is 10.6 Å². The van der Waals surface area contributed by atoms with Crippen molar-refractivity contribution in [2.45, 2.75) is 63.6 Å². The Labute approximate surface area is 246 Å². The van der Waals surface area contributed by atoms with Crippen molar-refractivity contribution in [2.24, 2.45) is 11.8 Å². The SMILES string of the molecule is O=C(NCC1CCCO1)c1cccc(NC(=O)C2CCC(C(=O)Nc3cccc(C(=O)NCC4CCCO4)c3)CC2)c1. The molecule has 2 unspecified atom stereocenters. The number of hydrogen-bond donors (Lipinski definition) is 4. The number of nitrogens with one attached hydrogen (secondary N) is 4. The van der Waals surface area contributed by atoms with Crippen molar-refractivity contribution in [3.05, 3.63) is 59.7 Å². The van der Waals surface area contributed by atoms with Crippen LogP contribution in [0.1, 0.15) is 72.1 Å². The second kappa shape index (κ2) is 14.4. The first-order valence-corrected chi connectivity index (χ1v) is 15.1. The highest BCUT2D eigenvalue weighted by Gasteiger charge is 2.30. The lowest BCUT2D eigenvalue weighted by molar-refractivity contribution is -0.125. The normalized spacial score (nSPS) is 23.6. The Bertz CT molecular complexity index is 1170. The van der Waals surface area contributed by atoms with Crippen molar-refractivity contribution in [1.29, 1.82) is 0 Å². The van der Waals surface area contributed by atoms with Crippen LogP contribution in [0.3, 0.4) is 0 Å². The third-order valence-corrected chi connectivity index (χ3v) is 8.28. The zero-order chi connectivity index (χ0) is 29.3. The summed E-state index contributed by atoms with van der Waals surface area (Å²) in [4.78, 5) is 51.1. The van der Waals surface area contributed by atoms with E-state index in [1.165, 1.54) is 0 Å². The van der Waals surface area contributed by atoms with E-state index in [1.54, 1.807) is 48.5 Å². The lowest BCUT2D eigenvalue weighted by atomic mass is 9.81. The Morgan fingerprint density at radius 1 is 0.619 bits per heavy atom.